The molecule has 2 aromatic carbocycles. The van der Waals surface area contributed by atoms with Crippen molar-refractivity contribution in [1.29, 1.82) is 0 Å². The Morgan fingerprint density at radius 2 is 1.78 bits per heavy atom. The lowest BCUT2D eigenvalue weighted by atomic mass is 10.0. The Bertz CT molecular complexity index is 1030. The van der Waals surface area contributed by atoms with Gasteiger partial charge >= 0.3 is 0 Å². The van der Waals surface area contributed by atoms with Crippen molar-refractivity contribution in [3.05, 3.63) is 63.0 Å². The van der Waals surface area contributed by atoms with Crippen molar-refractivity contribution < 1.29 is 14.4 Å². The van der Waals surface area contributed by atoms with Crippen molar-refractivity contribution in [2.24, 2.45) is 0 Å². The summed E-state index contributed by atoms with van der Waals surface area (Å²) < 4.78 is 6.11. The van der Waals surface area contributed by atoms with Gasteiger partial charge in [0.1, 0.15) is 18.1 Å². The third-order valence-corrected chi connectivity index (χ3v) is 5.69. The highest BCUT2D eigenvalue weighted by Crippen LogP contribution is 2.30. The Kier molecular flexibility index (Phi) is 4.94. The molecule has 4 rings (SSSR count). The fourth-order valence-electron chi connectivity index (χ4n) is 4.01. The van der Waals surface area contributed by atoms with Crippen LogP contribution in [0.5, 0.6) is 5.75 Å². The second-order valence-corrected chi connectivity index (χ2v) is 7.73. The summed E-state index contributed by atoms with van der Waals surface area (Å²) >= 11 is 5.97. The van der Waals surface area contributed by atoms with E-state index in [1.165, 1.54) is 24.2 Å². The molecule has 0 amide bonds. The van der Waals surface area contributed by atoms with E-state index in [9.17, 15) is 9.90 Å². The summed E-state index contributed by atoms with van der Waals surface area (Å²) in [6.07, 6.45) is 3.67. The number of benzene rings is 2. The molecular weight excluding hydrogens is 362 g/mol. The number of quaternary nitrogens is 1. The molecule has 5 heteroatoms. The maximum atomic E-state index is 13.2. The minimum absolute atomic E-state index is 0.0778. The van der Waals surface area contributed by atoms with Crippen molar-refractivity contribution >= 4 is 22.6 Å². The fraction of sp³-hybridized carbons (Fsp3) is 0.318. The molecule has 0 atom stereocenters. The SMILES string of the molecule is Cc1oc2c(C[NH+]3CCCCC3)c(O)ccc2c(=O)c1-c1ccc(Cl)cc1. The van der Waals surface area contributed by atoms with Gasteiger partial charge in [-0.05, 0) is 56.0 Å². The number of aryl methyl sites for hydroxylation is 1. The number of piperidine rings is 1. The molecule has 4 nitrogen and oxygen atoms in total. The summed E-state index contributed by atoms with van der Waals surface area (Å²) in [5, 5.41) is 11.6. The van der Waals surface area contributed by atoms with Gasteiger partial charge in [0, 0.05) is 5.02 Å². The molecule has 1 fully saturated rings. The summed E-state index contributed by atoms with van der Waals surface area (Å²) in [7, 11) is 0. The smallest absolute Gasteiger partial charge is 0.200 e. The van der Waals surface area contributed by atoms with E-state index in [0.29, 0.717) is 33.9 Å². The van der Waals surface area contributed by atoms with Crippen LogP contribution in [0, 0.1) is 6.92 Å². The number of hydrogen-bond donors (Lipinski definition) is 2. The Morgan fingerprint density at radius 1 is 1.07 bits per heavy atom. The normalized spacial score (nSPS) is 15.3. The number of hydrogen-bond acceptors (Lipinski definition) is 3. The molecule has 3 aromatic rings. The second-order valence-electron chi connectivity index (χ2n) is 7.30. The van der Waals surface area contributed by atoms with Crippen LogP contribution in [0.3, 0.4) is 0 Å². The first-order chi connectivity index (χ1) is 13.0. The lowest BCUT2D eigenvalue weighted by molar-refractivity contribution is -0.918. The predicted octanol–water partition coefficient (Wildman–Crippen LogP) is 3.70. The first kappa shape index (κ1) is 18.1. The van der Waals surface area contributed by atoms with Crippen molar-refractivity contribution in [1.82, 2.24) is 0 Å². The van der Waals surface area contributed by atoms with E-state index in [-0.39, 0.29) is 11.2 Å². The first-order valence-electron chi connectivity index (χ1n) is 9.42. The van der Waals surface area contributed by atoms with E-state index in [2.05, 4.69) is 0 Å². The Labute approximate surface area is 163 Å². The molecule has 0 bridgehead atoms. The van der Waals surface area contributed by atoms with Gasteiger partial charge in [0.05, 0.1) is 29.6 Å². The standard InChI is InChI=1S/C22H22ClNO3/c1-14-20(15-5-7-16(23)8-6-15)21(26)17-9-10-19(25)18(22(17)27-14)13-24-11-3-2-4-12-24/h5-10,25H,2-4,11-13H2,1H3/p+1. The van der Waals surface area contributed by atoms with Crippen LogP contribution in [0.15, 0.2) is 45.6 Å². The van der Waals surface area contributed by atoms with Gasteiger partial charge < -0.3 is 14.4 Å². The van der Waals surface area contributed by atoms with Crippen molar-refractivity contribution in [3.8, 4) is 16.9 Å². The largest absolute Gasteiger partial charge is 0.507 e. The fourth-order valence-corrected chi connectivity index (χ4v) is 4.14. The van der Waals surface area contributed by atoms with Crippen LogP contribution in [-0.2, 0) is 6.54 Å². The Morgan fingerprint density at radius 3 is 2.48 bits per heavy atom. The molecule has 1 saturated heterocycles. The molecule has 0 radical (unpaired) electrons. The zero-order valence-electron chi connectivity index (χ0n) is 15.3. The third-order valence-electron chi connectivity index (χ3n) is 5.44. The number of fused-ring (bicyclic) bond motifs is 1. The highest BCUT2D eigenvalue weighted by Gasteiger charge is 2.22. The number of rotatable bonds is 3. The zero-order valence-corrected chi connectivity index (χ0v) is 16.1. The highest BCUT2D eigenvalue weighted by molar-refractivity contribution is 6.30. The maximum absolute atomic E-state index is 13.2. The molecule has 0 saturated carbocycles. The van der Waals surface area contributed by atoms with Crippen LogP contribution in [0.2, 0.25) is 5.02 Å². The molecule has 1 aliphatic heterocycles. The Balaban J connectivity index is 1.85. The van der Waals surface area contributed by atoms with Crippen LogP contribution < -0.4 is 10.3 Å². The van der Waals surface area contributed by atoms with Crippen LogP contribution in [-0.4, -0.2) is 18.2 Å². The molecule has 0 spiro atoms. The summed E-state index contributed by atoms with van der Waals surface area (Å²) in [4.78, 5) is 14.6. The molecule has 1 aliphatic rings. The van der Waals surface area contributed by atoms with Gasteiger partial charge in [-0.1, -0.05) is 23.7 Å². The topological polar surface area (TPSA) is 54.9 Å². The maximum Gasteiger partial charge on any atom is 0.200 e. The van der Waals surface area contributed by atoms with Crippen molar-refractivity contribution in [2.45, 2.75) is 32.7 Å². The highest BCUT2D eigenvalue weighted by atomic mass is 35.5. The molecule has 0 unspecified atom stereocenters. The summed E-state index contributed by atoms with van der Waals surface area (Å²) in [5.41, 5.74) is 2.48. The first-order valence-corrected chi connectivity index (χ1v) is 9.80. The van der Waals surface area contributed by atoms with Gasteiger partial charge in [-0.2, -0.15) is 0 Å². The summed E-state index contributed by atoms with van der Waals surface area (Å²) in [5.74, 6) is 0.748. The van der Waals surface area contributed by atoms with Gasteiger partial charge in [0.2, 0.25) is 5.43 Å². The molecular formula is C22H23ClNO3+. The Hall–Kier alpha value is -2.30. The monoisotopic (exact) mass is 384 g/mol. The second kappa shape index (κ2) is 7.37. The molecule has 1 aromatic heterocycles. The van der Waals surface area contributed by atoms with E-state index in [1.807, 2.05) is 12.1 Å². The van der Waals surface area contributed by atoms with Gasteiger partial charge in [0.25, 0.3) is 0 Å². The van der Waals surface area contributed by atoms with E-state index >= 15 is 0 Å². The van der Waals surface area contributed by atoms with Gasteiger partial charge in [0.15, 0.2) is 5.58 Å². The lowest BCUT2D eigenvalue weighted by Crippen LogP contribution is -3.11. The van der Waals surface area contributed by atoms with Crippen molar-refractivity contribution in [3.63, 3.8) is 0 Å². The molecule has 2 heterocycles. The molecule has 0 aliphatic carbocycles. The van der Waals surface area contributed by atoms with Crippen LogP contribution in [0.25, 0.3) is 22.1 Å². The van der Waals surface area contributed by atoms with Crippen LogP contribution >= 0.6 is 11.6 Å². The number of halogens is 1. The minimum atomic E-state index is -0.0778. The predicted molar refractivity (Wildman–Crippen MR) is 108 cm³/mol. The average Bonchev–Trinajstić information content (AvgIpc) is 2.66. The summed E-state index contributed by atoms with van der Waals surface area (Å²) in [6, 6.07) is 10.5. The van der Waals surface area contributed by atoms with E-state index in [4.69, 9.17) is 16.0 Å². The van der Waals surface area contributed by atoms with E-state index in [1.54, 1.807) is 31.2 Å². The average molecular weight is 385 g/mol. The number of likely N-dealkylation sites (tertiary alicyclic amines) is 1. The van der Waals surface area contributed by atoms with E-state index in [0.717, 1.165) is 24.2 Å². The van der Waals surface area contributed by atoms with E-state index < -0.39 is 0 Å². The lowest BCUT2D eigenvalue weighted by Gasteiger charge is -2.24. The van der Waals surface area contributed by atoms with Crippen molar-refractivity contribution in [2.75, 3.05) is 13.1 Å². The van der Waals surface area contributed by atoms with Crippen LogP contribution in [0.4, 0.5) is 0 Å². The zero-order chi connectivity index (χ0) is 19.0. The minimum Gasteiger partial charge on any atom is -0.507 e. The van der Waals surface area contributed by atoms with Gasteiger partial charge in [-0.3, -0.25) is 4.79 Å². The number of phenolic OH excluding ortho intramolecular Hbond substituents is 1. The van der Waals surface area contributed by atoms with Crippen LogP contribution in [0.1, 0.15) is 30.6 Å². The number of nitrogens with one attached hydrogen (secondary N) is 1. The quantitative estimate of drug-likeness (QED) is 0.724. The van der Waals surface area contributed by atoms with Gasteiger partial charge in [-0.25, -0.2) is 0 Å². The molecule has 140 valence electrons. The molecule has 27 heavy (non-hydrogen) atoms. The van der Waals surface area contributed by atoms with Gasteiger partial charge in [-0.15, -0.1) is 0 Å². The molecule has 2 N–H and O–H groups in total. The number of aromatic hydroxyl groups is 1. The third kappa shape index (κ3) is 3.47. The number of phenols is 1. The summed E-state index contributed by atoms with van der Waals surface area (Å²) in [6.45, 7) is 4.64.